The van der Waals surface area contributed by atoms with E-state index in [4.69, 9.17) is 0 Å². The van der Waals surface area contributed by atoms with Crippen molar-refractivity contribution in [2.45, 2.75) is 25.3 Å². The third-order valence-corrected chi connectivity index (χ3v) is 4.33. The van der Waals surface area contributed by atoms with E-state index in [0.717, 1.165) is 42.4 Å². The van der Waals surface area contributed by atoms with E-state index in [9.17, 15) is 4.79 Å². The molecule has 0 saturated carbocycles. The molecule has 1 aromatic rings. The van der Waals surface area contributed by atoms with Gasteiger partial charge in [0, 0.05) is 22.8 Å². The summed E-state index contributed by atoms with van der Waals surface area (Å²) in [6, 6.07) is 2.16. The third kappa shape index (κ3) is 2.16. The van der Waals surface area contributed by atoms with E-state index in [2.05, 4.69) is 31.9 Å². The Balaban J connectivity index is 1.79. The van der Waals surface area contributed by atoms with Gasteiger partial charge < -0.3 is 0 Å². The van der Waals surface area contributed by atoms with Gasteiger partial charge in [0.2, 0.25) is 0 Å². The number of piperidine rings is 3. The molecule has 0 spiro atoms. The summed E-state index contributed by atoms with van der Waals surface area (Å²) in [7, 11) is 0. The van der Waals surface area contributed by atoms with Gasteiger partial charge in [-0.3, -0.25) is 14.7 Å². The Morgan fingerprint density at radius 1 is 1.35 bits per heavy atom. The molecule has 90 valence electrons. The van der Waals surface area contributed by atoms with Crippen molar-refractivity contribution in [3.8, 4) is 0 Å². The SMILES string of the molecule is O=C1C2CCN(CC2)C1Cc1cncc(Br)c1. The van der Waals surface area contributed by atoms with E-state index < -0.39 is 0 Å². The Morgan fingerprint density at radius 3 is 2.76 bits per heavy atom. The first-order valence-electron chi connectivity index (χ1n) is 6.11. The van der Waals surface area contributed by atoms with Crippen molar-refractivity contribution in [1.29, 1.82) is 0 Å². The fourth-order valence-corrected chi connectivity index (χ4v) is 3.38. The number of rotatable bonds is 2. The van der Waals surface area contributed by atoms with Gasteiger partial charge in [0.25, 0.3) is 0 Å². The van der Waals surface area contributed by atoms with Gasteiger partial charge in [-0.2, -0.15) is 0 Å². The number of halogens is 1. The zero-order chi connectivity index (χ0) is 11.8. The average Bonchev–Trinajstić information content (AvgIpc) is 2.34. The first-order chi connectivity index (χ1) is 8.24. The van der Waals surface area contributed by atoms with Crippen molar-refractivity contribution >= 4 is 21.7 Å². The molecule has 3 saturated heterocycles. The molecule has 1 atom stereocenters. The molecular weight excluding hydrogens is 280 g/mol. The lowest BCUT2D eigenvalue weighted by molar-refractivity contribution is -0.136. The number of fused-ring (bicyclic) bond motifs is 3. The molecule has 4 heteroatoms. The number of carbonyl (C=O) groups is 1. The van der Waals surface area contributed by atoms with Gasteiger partial charge in [0.15, 0.2) is 5.78 Å². The summed E-state index contributed by atoms with van der Waals surface area (Å²) < 4.78 is 0.985. The van der Waals surface area contributed by atoms with Crippen LogP contribution in [0.4, 0.5) is 0 Å². The van der Waals surface area contributed by atoms with Crippen LogP contribution >= 0.6 is 15.9 Å². The predicted molar refractivity (Wildman–Crippen MR) is 68.7 cm³/mol. The van der Waals surface area contributed by atoms with E-state index in [0.29, 0.717) is 11.7 Å². The molecule has 0 amide bonds. The second-order valence-corrected chi connectivity index (χ2v) is 5.86. The van der Waals surface area contributed by atoms with Crippen LogP contribution in [-0.4, -0.2) is 34.8 Å². The lowest BCUT2D eigenvalue weighted by atomic mass is 9.80. The van der Waals surface area contributed by atoms with Crippen molar-refractivity contribution in [3.63, 3.8) is 0 Å². The Bertz CT molecular complexity index is 441. The van der Waals surface area contributed by atoms with Crippen LogP contribution in [0.25, 0.3) is 0 Å². The molecule has 3 fully saturated rings. The summed E-state index contributed by atoms with van der Waals surface area (Å²) in [5.41, 5.74) is 1.14. The Kier molecular flexibility index (Phi) is 3.01. The van der Waals surface area contributed by atoms with Crippen LogP contribution in [0.5, 0.6) is 0 Å². The molecule has 0 aliphatic carbocycles. The minimum atomic E-state index is 0.0959. The molecule has 0 N–H and O–H groups in total. The minimum absolute atomic E-state index is 0.0959. The summed E-state index contributed by atoms with van der Waals surface area (Å²) in [5, 5.41) is 0. The molecule has 1 unspecified atom stereocenters. The van der Waals surface area contributed by atoms with Gasteiger partial charge in [-0.05, 0) is 59.9 Å². The van der Waals surface area contributed by atoms with Crippen molar-refractivity contribution in [1.82, 2.24) is 9.88 Å². The standard InChI is InChI=1S/C13H15BrN2O/c14-11-5-9(7-15-8-11)6-12-13(17)10-1-3-16(12)4-2-10/h5,7-8,10,12H,1-4,6H2. The zero-order valence-electron chi connectivity index (χ0n) is 9.60. The number of hydrogen-bond donors (Lipinski definition) is 0. The minimum Gasteiger partial charge on any atom is -0.298 e. The third-order valence-electron chi connectivity index (χ3n) is 3.89. The van der Waals surface area contributed by atoms with E-state index in [1.165, 1.54) is 0 Å². The quantitative estimate of drug-likeness (QED) is 0.837. The maximum absolute atomic E-state index is 12.2. The number of Topliss-reactive ketones (excluding diaryl/α,β-unsaturated/α-hetero) is 1. The lowest BCUT2D eigenvalue weighted by Crippen LogP contribution is -2.56. The molecule has 3 nitrogen and oxygen atoms in total. The Hall–Kier alpha value is -0.740. The number of ketones is 1. The van der Waals surface area contributed by atoms with Crippen LogP contribution in [0, 0.1) is 5.92 Å². The lowest BCUT2D eigenvalue weighted by Gasteiger charge is -2.44. The zero-order valence-corrected chi connectivity index (χ0v) is 11.2. The van der Waals surface area contributed by atoms with Gasteiger partial charge in [-0.1, -0.05) is 0 Å². The largest absolute Gasteiger partial charge is 0.298 e. The highest BCUT2D eigenvalue weighted by Gasteiger charge is 2.40. The first-order valence-corrected chi connectivity index (χ1v) is 6.90. The first kappa shape index (κ1) is 11.4. The molecule has 1 aromatic heterocycles. The van der Waals surface area contributed by atoms with Crippen LogP contribution in [0.3, 0.4) is 0 Å². The van der Waals surface area contributed by atoms with Crippen molar-refractivity contribution < 1.29 is 4.79 Å². The second-order valence-electron chi connectivity index (χ2n) is 4.94. The second kappa shape index (κ2) is 4.50. The number of hydrogen-bond acceptors (Lipinski definition) is 3. The molecule has 0 aromatic carbocycles. The molecule has 4 rings (SSSR count). The van der Waals surface area contributed by atoms with E-state index in [1.807, 2.05) is 6.20 Å². The topological polar surface area (TPSA) is 33.2 Å². The maximum Gasteiger partial charge on any atom is 0.153 e. The number of aromatic nitrogens is 1. The van der Waals surface area contributed by atoms with Gasteiger partial charge in [0.1, 0.15) is 0 Å². The van der Waals surface area contributed by atoms with Gasteiger partial charge in [-0.15, -0.1) is 0 Å². The van der Waals surface area contributed by atoms with Gasteiger partial charge >= 0.3 is 0 Å². The van der Waals surface area contributed by atoms with Crippen molar-refractivity contribution in [2.24, 2.45) is 5.92 Å². The highest BCUT2D eigenvalue weighted by atomic mass is 79.9. The normalized spacial score (nSPS) is 31.8. The summed E-state index contributed by atoms with van der Waals surface area (Å²) >= 11 is 3.42. The molecule has 2 bridgehead atoms. The maximum atomic E-state index is 12.2. The summed E-state index contributed by atoms with van der Waals surface area (Å²) in [4.78, 5) is 18.7. The van der Waals surface area contributed by atoms with Crippen LogP contribution in [0.1, 0.15) is 18.4 Å². The van der Waals surface area contributed by atoms with E-state index >= 15 is 0 Å². The molecule has 3 aliphatic heterocycles. The predicted octanol–water partition coefficient (Wildman–Crippen LogP) is 2.05. The molecule has 4 heterocycles. The molecule has 3 aliphatic rings. The summed E-state index contributed by atoms with van der Waals surface area (Å²) in [5.74, 6) is 0.771. The van der Waals surface area contributed by atoms with Crippen LogP contribution in [0.15, 0.2) is 22.9 Å². The van der Waals surface area contributed by atoms with Crippen LogP contribution < -0.4 is 0 Å². The van der Waals surface area contributed by atoms with Gasteiger partial charge in [0.05, 0.1) is 6.04 Å². The van der Waals surface area contributed by atoms with Crippen molar-refractivity contribution in [3.05, 3.63) is 28.5 Å². The van der Waals surface area contributed by atoms with Gasteiger partial charge in [-0.25, -0.2) is 0 Å². The monoisotopic (exact) mass is 294 g/mol. The highest BCUT2D eigenvalue weighted by molar-refractivity contribution is 9.10. The Labute approximate surface area is 109 Å². The highest BCUT2D eigenvalue weighted by Crippen LogP contribution is 2.30. The average molecular weight is 295 g/mol. The van der Waals surface area contributed by atoms with E-state index in [1.54, 1.807) is 6.20 Å². The van der Waals surface area contributed by atoms with Crippen molar-refractivity contribution in [2.75, 3.05) is 13.1 Å². The smallest absolute Gasteiger partial charge is 0.153 e. The Morgan fingerprint density at radius 2 is 2.12 bits per heavy atom. The molecule has 0 radical (unpaired) electrons. The van der Waals surface area contributed by atoms with Crippen LogP contribution in [0.2, 0.25) is 0 Å². The van der Waals surface area contributed by atoms with Crippen LogP contribution in [-0.2, 0) is 11.2 Å². The number of pyridine rings is 1. The number of nitrogens with zero attached hydrogens (tertiary/aromatic N) is 2. The summed E-state index contributed by atoms with van der Waals surface area (Å²) in [6.07, 6.45) is 6.57. The van der Waals surface area contributed by atoms with E-state index in [-0.39, 0.29) is 6.04 Å². The molecule has 17 heavy (non-hydrogen) atoms. The molecular formula is C13H15BrN2O. The summed E-state index contributed by atoms with van der Waals surface area (Å²) in [6.45, 7) is 2.17. The number of carbonyl (C=O) groups excluding carboxylic acids is 1. The fraction of sp³-hybridized carbons (Fsp3) is 0.538. The fourth-order valence-electron chi connectivity index (χ4n) is 2.97.